The van der Waals surface area contributed by atoms with E-state index in [1.165, 1.54) is 11.3 Å². The van der Waals surface area contributed by atoms with Gasteiger partial charge in [0.2, 0.25) is 0 Å². The number of nitrogens with one attached hydrogen (secondary N) is 1. The van der Waals surface area contributed by atoms with Gasteiger partial charge < -0.3 is 10.0 Å². The molecule has 0 saturated heterocycles. The summed E-state index contributed by atoms with van der Waals surface area (Å²) < 4.78 is 1.07. The molecule has 0 unspecified atom stereocenters. The minimum absolute atomic E-state index is 0.267. The summed E-state index contributed by atoms with van der Waals surface area (Å²) in [5.74, 6) is 0.616. The van der Waals surface area contributed by atoms with Crippen molar-refractivity contribution >= 4 is 33.0 Å². The van der Waals surface area contributed by atoms with Crippen molar-refractivity contribution in [2.24, 2.45) is 0 Å². The zero-order valence-corrected chi connectivity index (χ0v) is 13.9. The average molecular weight is 335 g/mol. The molecule has 2 heterocycles. The van der Waals surface area contributed by atoms with Gasteiger partial charge >= 0.3 is 0 Å². The van der Waals surface area contributed by atoms with Crippen LogP contribution < -0.4 is 0 Å². The fraction of sp³-hybridized carbons (Fsp3) is 0.158. The van der Waals surface area contributed by atoms with Crippen LogP contribution in [0.2, 0.25) is 0 Å². The third kappa shape index (κ3) is 2.67. The Balaban J connectivity index is 1.67. The van der Waals surface area contributed by atoms with E-state index in [0.29, 0.717) is 30.9 Å². The van der Waals surface area contributed by atoms with Crippen molar-refractivity contribution in [2.45, 2.75) is 13.0 Å². The number of hydrogen-bond donors (Lipinski definition) is 2. The van der Waals surface area contributed by atoms with Gasteiger partial charge in [0.05, 0.1) is 15.8 Å². The lowest BCUT2D eigenvalue weighted by Gasteiger charge is -2.30. The van der Waals surface area contributed by atoms with Crippen LogP contribution in [-0.4, -0.2) is 27.4 Å². The van der Waals surface area contributed by atoms with Gasteiger partial charge in [0.25, 0.3) is 0 Å². The van der Waals surface area contributed by atoms with E-state index in [9.17, 15) is 5.11 Å². The molecule has 1 aliphatic rings. The zero-order valence-electron chi connectivity index (χ0n) is 13.1. The molecule has 4 nitrogen and oxygen atoms in total. The molecule has 0 spiro atoms. The van der Waals surface area contributed by atoms with Crippen molar-refractivity contribution in [2.75, 3.05) is 6.54 Å². The van der Waals surface area contributed by atoms with E-state index in [0.717, 1.165) is 20.8 Å². The molecule has 120 valence electrons. The largest absolute Gasteiger partial charge is 0.511 e. The predicted octanol–water partition coefficient (Wildman–Crippen LogP) is 4.45. The Bertz CT molecular complexity index is 897. The highest BCUT2D eigenvalue weighted by Crippen LogP contribution is 2.33. The van der Waals surface area contributed by atoms with Crippen molar-refractivity contribution in [3.8, 4) is 0 Å². The summed E-state index contributed by atoms with van der Waals surface area (Å²) >= 11 is 1.52. The first kappa shape index (κ1) is 14.9. The molecular weight excluding hydrogens is 318 g/mol. The Morgan fingerprint density at radius 3 is 2.62 bits per heavy atom. The van der Waals surface area contributed by atoms with E-state index in [1.54, 1.807) is 0 Å². The summed E-state index contributed by atoms with van der Waals surface area (Å²) in [6.07, 6.45) is 0.542. The maximum atomic E-state index is 10.4. The molecule has 0 saturated carbocycles. The number of aliphatic hydroxyl groups is 1. The van der Waals surface area contributed by atoms with Gasteiger partial charge in [-0.05, 0) is 17.7 Å². The van der Waals surface area contributed by atoms with Gasteiger partial charge in [-0.15, -0.1) is 11.3 Å². The number of fused-ring (bicyclic) bond motifs is 1. The molecule has 4 rings (SSSR count). The van der Waals surface area contributed by atoms with Crippen molar-refractivity contribution in [1.82, 2.24) is 9.88 Å². The van der Waals surface area contributed by atoms with E-state index in [2.05, 4.69) is 17.1 Å². The lowest BCUT2D eigenvalue weighted by molar-refractivity contribution is 0.333. The molecule has 5 heteroatoms. The second kappa shape index (κ2) is 6.09. The van der Waals surface area contributed by atoms with E-state index >= 15 is 0 Å². The van der Waals surface area contributed by atoms with E-state index < -0.39 is 0 Å². The Kier molecular flexibility index (Phi) is 3.78. The van der Waals surface area contributed by atoms with Crippen LogP contribution in [0.15, 0.2) is 60.4 Å². The fourth-order valence-electron chi connectivity index (χ4n) is 2.94. The standard InChI is InChI=1S/C19H17N3OS/c20-18-17(19-21-14-8-4-5-9-16(14)24-19)15(23)10-11-22(18)12-13-6-2-1-3-7-13/h1-9,20,23H,10-12H2. The van der Waals surface area contributed by atoms with Crippen LogP contribution in [0.5, 0.6) is 0 Å². The highest BCUT2D eigenvalue weighted by atomic mass is 32.1. The first-order valence-electron chi connectivity index (χ1n) is 7.88. The van der Waals surface area contributed by atoms with E-state index in [1.807, 2.05) is 47.4 Å². The number of rotatable bonds is 3. The molecular formula is C19H17N3OS. The molecule has 0 aliphatic carbocycles. The number of nitrogens with zero attached hydrogens (tertiary/aromatic N) is 2. The zero-order chi connectivity index (χ0) is 16.5. The number of hydrogen-bond acceptors (Lipinski definition) is 4. The van der Waals surface area contributed by atoms with Crippen LogP contribution in [0.25, 0.3) is 15.8 Å². The number of thiazole rings is 1. The summed E-state index contributed by atoms with van der Waals surface area (Å²) in [4.78, 5) is 6.61. The van der Waals surface area contributed by atoms with Gasteiger partial charge in [0, 0.05) is 19.5 Å². The molecule has 2 N–H and O–H groups in total. The first-order chi connectivity index (χ1) is 11.7. The number of para-hydroxylation sites is 1. The Hall–Kier alpha value is -2.66. The Labute approximate surface area is 144 Å². The average Bonchev–Trinajstić information content (AvgIpc) is 3.02. The molecule has 0 amide bonds. The topological polar surface area (TPSA) is 60.2 Å². The van der Waals surface area contributed by atoms with Crippen LogP contribution in [0.4, 0.5) is 0 Å². The molecule has 0 fully saturated rings. The molecule has 0 bridgehead atoms. The lowest BCUT2D eigenvalue weighted by Crippen LogP contribution is -2.35. The van der Waals surface area contributed by atoms with Crippen LogP contribution in [-0.2, 0) is 6.54 Å². The van der Waals surface area contributed by atoms with Gasteiger partial charge in [-0.2, -0.15) is 0 Å². The molecule has 3 aromatic rings. The molecule has 0 radical (unpaired) electrons. The van der Waals surface area contributed by atoms with Crippen LogP contribution in [0.1, 0.15) is 17.0 Å². The Morgan fingerprint density at radius 1 is 1.08 bits per heavy atom. The molecule has 24 heavy (non-hydrogen) atoms. The third-order valence-electron chi connectivity index (χ3n) is 4.18. The van der Waals surface area contributed by atoms with E-state index in [4.69, 9.17) is 5.41 Å². The summed E-state index contributed by atoms with van der Waals surface area (Å²) in [5, 5.41) is 19.7. The molecule has 2 aromatic carbocycles. The van der Waals surface area contributed by atoms with Gasteiger partial charge in [-0.3, -0.25) is 5.41 Å². The summed E-state index contributed by atoms with van der Waals surface area (Å²) in [5.41, 5.74) is 2.64. The van der Waals surface area contributed by atoms with Gasteiger partial charge in [0.1, 0.15) is 16.6 Å². The smallest absolute Gasteiger partial charge is 0.134 e. The van der Waals surface area contributed by atoms with Crippen molar-refractivity contribution in [3.63, 3.8) is 0 Å². The van der Waals surface area contributed by atoms with Gasteiger partial charge in [-0.25, -0.2) is 4.98 Å². The van der Waals surface area contributed by atoms with Crippen LogP contribution in [0.3, 0.4) is 0 Å². The normalized spacial score (nSPS) is 15.3. The monoisotopic (exact) mass is 335 g/mol. The minimum atomic E-state index is 0.267. The minimum Gasteiger partial charge on any atom is -0.511 e. The maximum Gasteiger partial charge on any atom is 0.134 e. The second-order valence-corrected chi connectivity index (χ2v) is 6.84. The summed E-state index contributed by atoms with van der Waals surface area (Å²) in [7, 11) is 0. The van der Waals surface area contributed by atoms with Gasteiger partial charge in [-0.1, -0.05) is 42.5 Å². The SMILES string of the molecule is N=C1C(c2nc3ccccc3s2)=C(O)CCN1Cc1ccccc1. The van der Waals surface area contributed by atoms with Crippen LogP contribution >= 0.6 is 11.3 Å². The number of aliphatic hydroxyl groups excluding tert-OH is 1. The summed E-state index contributed by atoms with van der Waals surface area (Å²) in [6.45, 7) is 1.31. The maximum absolute atomic E-state index is 10.4. The molecule has 1 aliphatic heterocycles. The van der Waals surface area contributed by atoms with Crippen molar-refractivity contribution < 1.29 is 5.11 Å². The molecule has 1 aromatic heterocycles. The quantitative estimate of drug-likeness (QED) is 0.743. The highest BCUT2D eigenvalue weighted by molar-refractivity contribution is 7.19. The number of amidine groups is 1. The number of aromatic nitrogens is 1. The van der Waals surface area contributed by atoms with Gasteiger partial charge in [0.15, 0.2) is 0 Å². The molecule has 0 atom stereocenters. The third-order valence-corrected chi connectivity index (χ3v) is 5.24. The highest BCUT2D eigenvalue weighted by Gasteiger charge is 2.27. The van der Waals surface area contributed by atoms with Crippen LogP contribution in [0, 0.1) is 5.41 Å². The summed E-state index contributed by atoms with van der Waals surface area (Å²) in [6, 6.07) is 18.0. The predicted molar refractivity (Wildman–Crippen MR) is 98.4 cm³/mol. The second-order valence-electron chi connectivity index (χ2n) is 5.81. The first-order valence-corrected chi connectivity index (χ1v) is 8.70. The lowest BCUT2D eigenvalue weighted by atomic mass is 10.1. The number of benzene rings is 2. The van der Waals surface area contributed by atoms with Crippen molar-refractivity contribution in [3.05, 3.63) is 70.9 Å². The fourth-order valence-corrected chi connectivity index (χ4v) is 3.97. The Morgan fingerprint density at radius 2 is 1.83 bits per heavy atom. The van der Waals surface area contributed by atoms with E-state index in [-0.39, 0.29) is 5.76 Å². The van der Waals surface area contributed by atoms with Crippen molar-refractivity contribution in [1.29, 1.82) is 5.41 Å².